The Morgan fingerprint density at radius 3 is 2.94 bits per heavy atom. The number of aryl methyl sites for hydroxylation is 3. The molecule has 5 rings (SSSR count). The third-order valence-corrected chi connectivity index (χ3v) is 7.14. The van der Waals surface area contributed by atoms with Crippen molar-refractivity contribution in [1.82, 2.24) is 24.7 Å². The van der Waals surface area contributed by atoms with Crippen molar-refractivity contribution < 1.29 is 4.74 Å². The Morgan fingerprint density at radius 1 is 1.23 bits per heavy atom. The van der Waals surface area contributed by atoms with Crippen LogP contribution in [0.25, 0.3) is 21.6 Å². The molecule has 0 saturated carbocycles. The third-order valence-electron chi connectivity index (χ3n) is 5.96. The normalized spacial score (nSPS) is 13.1. The van der Waals surface area contributed by atoms with Crippen LogP contribution in [0, 0.1) is 13.8 Å². The number of fused-ring (bicyclic) bond motifs is 3. The largest absolute Gasteiger partial charge is 0.383 e. The van der Waals surface area contributed by atoms with E-state index < -0.39 is 0 Å². The fourth-order valence-corrected chi connectivity index (χ4v) is 5.57. The van der Waals surface area contributed by atoms with Crippen LogP contribution in [-0.4, -0.2) is 38.4 Å². The van der Waals surface area contributed by atoms with Gasteiger partial charge in [-0.1, -0.05) is 0 Å². The summed E-state index contributed by atoms with van der Waals surface area (Å²) in [4.78, 5) is 16.6. The Bertz CT molecular complexity index is 1230. The summed E-state index contributed by atoms with van der Waals surface area (Å²) in [5.41, 5.74) is 5.76. The Morgan fingerprint density at radius 2 is 2.13 bits per heavy atom. The number of anilines is 1. The van der Waals surface area contributed by atoms with Crippen LogP contribution >= 0.6 is 11.3 Å². The minimum atomic E-state index is 0.650. The predicted molar refractivity (Wildman–Crippen MR) is 124 cm³/mol. The first-order valence-corrected chi connectivity index (χ1v) is 11.5. The number of nitrogens with zero attached hydrogens (tertiary/aromatic N) is 5. The SMILES string of the molecule is COCCn1nc(C)c(CNc2nc(-c3cccnc3)nc3sc4c(c23)CCC4)c1C. The zero-order chi connectivity index (χ0) is 21.4. The van der Waals surface area contributed by atoms with Crippen molar-refractivity contribution in [1.29, 1.82) is 0 Å². The van der Waals surface area contributed by atoms with Crippen LogP contribution in [0.2, 0.25) is 0 Å². The highest BCUT2D eigenvalue weighted by Gasteiger charge is 2.23. The van der Waals surface area contributed by atoms with Gasteiger partial charge in [-0.15, -0.1) is 11.3 Å². The van der Waals surface area contributed by atoms with Crippen LogP contribution in [-0.2, 0) is 30.7 Å². The first-order chi connectivity index (χ1) is 15.2. The van der Waals surface area contributed by atoms with E-state index in [1.54, 1.807) is 13.3 Å². The van der Waals surface area contributed by atoms with Gasteiger partial charge in [0.2, 0.25) is 0 Å². The van der Waals surface area contributed by atoms with Gasteiger partial charge in [0, 0.05) is 47.7 Å². The molecule has 0 aromatic carbocycles. The highest BCUT2D eigenvalue weighted by molar-refractivity contribution is 7.19. The van der Waals surface area contributed by atoms with Crippen molar-refractivity contribution in [2.45, 2.75) is 46.2 Å². The lowest BCUT2D eigenvalue weighted by Gasteiger charge is -2.11. The molecule has 0 bridgehead atoms. The maximum absolute atomic E-state index is 5.22. The fraction of sp³-hybridized carbons (Fsp3) is 0.391. The van der Waals surface area contributed by atoms with Crippen molar-refractivity contribution in [3.63, 3.8) is 0 Å². The van der Waals surface area contributed by atoms with Crippen molar-refractivity contribution in [3.05, 3.63) is 51.9 Å². The molecule has 1 aliphatic carbocycles. The number of rotatable bonds is 7. The van der Waals surface area contributed by atoms with Gasteiger partial charge >= 0.3 is 0 Å². The van der Waals surface area contributed by atoms with E-state index in [9.17, 15) is 0 Å². The summed E-state index contributed by atoms with van der Waals surface area (Å²) in [6, 6.07) is 3.93. The lowest BCUT2D eigenvalue weighted by molar-refractivity contribution is 0.182. The highest BCUT2D eigenvalue weighted by Crippen LogP contribution is 2.40. The molecule has 160 valence electrons. The van der Waals surface area contributed by atoms with E-state index in [-0.39, 0.29) is 0 Å². The minimum Gasteiger partial charge on any atom is -0.383 e. The Balaban J connectivity index is 1.53. The van der Waals surface area contributed by atoms with Gasteiger partial charge in [-0.2, -0.15) is 5.10 Å². The molecule has 8 heteroatoms. The van der Waals surface area contributed by atoms with Crippen molar-refractivity contribution in [2.24, 2.45) is 0 Å². The Kier molecular flexibility index (Phi) is 5.41. The molecule has 0 spiro atoms. The smallest absolute Gasteiger partial charge is 0.164 e. The maximum atomic E-state index is 5.22. The van der Waals surface area contributed by atoms with Gasteiger partial charge in [0.15, 0.2) is 5.82 Å². The number of hydrogen-bond donors (Lipinski definition) is 1. The van der Waals surface area contributed by atoms with Crippen LogP contribution < -0.4 is 5.32 Å². The number of pyridine rings is 1. The summed E-state index contributed by atoms with van der Waals surface area (Å²) >= 11 is 1.81. The van der Waals surface area contributed by atoms with E-state index in [1.165, 1.54) is 27.8 Å². The second-order valence-electron chi connectivity index (χ2n) is 7.89. The second-order valence-corrected chi connectivity index (χ2v) is 8.98. The molecule has 4 heterocycles. The molecule has 31 heavy (non-hydrogen) atoms. The minimum absolute atomic E-state index is 0.650. The van der Waals surface area contributed by atoms with E-state index in [2.05, 4.69) is 24.1 Å². The summed E-state index contributed by atoms with van der Waals surface area (Å²) in [7, 11) is 1.72. The van der Waals surface area contributed by atoms with Gasteiger partial charge in [-0.05, 0) is 50.8 Å². The maximum Gasteiger partial charge on any atom is 0.164 e. The molecule has 1 N–H and O–H groups in total. The number of aromatic nitrogens is 5. The average Bonchev–Trinajstić information content (AvgIpc) is 3.44. The van der Waals surface area contributed by atoms with E-state index >= 15 is 0 Å². The van der Waals surface area contributed by atoms with Gasteiger partial charge < -0.3 is 10.1 Å². The zero-order valence-corrected chi connectivity index (χ0v) is 18.9. The van der Waals surface area contributed by atoms with Crippen LogP contribution in [0.1, 0.15) is 33.8 Å². The molecule has 0 fully saturated rings. The molecule has 1 aliphatic rings. The number of ether oxygens (including phenoxy) is 1. The van der Waals surface area contributed by atoms with Crippen LogP contribution in [0.4, 0.5) is 5.82 Å². The molecule has 0 saturated heterocycles. The quantitative estimate of drug-likeness (QED) is 0.467. The molecule has 4 aromatic heterocycles. The van der Waals surface area contributed by atoms with Crippen molar-refractivity contribution >= 4 is 27.4 Å². The average molecular weight is 435 g/mol. The Labute approximate surface area is 185 Å². The molecular formula is C23H26N6OS. The van der Waals surface area contributed by atoms with Gasteiger partial charge in [-0.25, -0.2) is 9.97 Å². The Hall–Kier alpha value is -2.84. The number of thiophene rings is 1. The van der Waals surface area contributed by atoms with Crippen LogP contribution in [0.5, 0.6) is 0 Å². The molecule has 7 nitrogen and oxygen atoms in total. The van der Waals surface area contributed by atoms with Gasteiger partial charge in [0.1, 0.15) is 10.6 Å². The first-order valence-electron chi connectivity index (χ1n) is 10.6. The van der Waals surface area contributed by atoms with E-state index in [0.29, 0.717) is 19.0 Å². The standard InChI is InChI=1S/C23H26N6OS/c1-14-18(15(2)29(28-14)10-11-30-3)13-25-22-20-17-7-4-8-19(17)31-23(20)27-21(26-22)16-6-5-9-24-12-16/h5-6,9,12H,4,7-8,10-11,13H2,1-3H3,(H,25,26,27). The summed E-state index contributed by atoms with van der Waals surface area (Å²) in [5.74, 6) is 1.62. The molecule has 0 atom stereocenters. The van der Waals surface area contributed by atoms with Crippen LogP contribution in [0.15, 0.2) is 24.5 Å². The fourth-order valence-electron chi connectivity index (χ4n) is 4.31. The van der Waals surface area contributed by atoms with Gasteiger partial charge in [0.25, 0.3) is 0 Å². The molecular weight excluding hydrogens is 408 g/mol. The summed E-state index contributed by atoms with van der Waals surface area (Å²) in [6.45, 7) is 6.26. The topological polar surface area (TPSA) is 77.8 Å². The second kappa shape index (κ2) is 8.36. The van der Waals surface area contributed by atoms with Crippen molar-refractivity contribution in [2.75, 3.05) is 19.0 Å². The summed E-state index contributed by atoms with van der Waals surface area (Å²) < 4.78 is 7.24. The lowest BCUT2D eigenvalue weighted by atomic mass is 10.1. The predicted octanol–water partition coefficient (Wildman–Crippen LogP) is 4.31. The van der Waals surface area contributed by atoms with Crippen molar-refractivity contribution in [3.8, 4) is 11.4 Å². The molecule has 0 amide bonds. The van der Waals surface area contributed by atoms with Gasteiger partial charge in [0.05, 0.1) is 24.2 Å². The van der Waals surface area contributed by atoms with E-state index in [1.807, 2.05) is 34.3 Å². The number of hydrogen-bond acceptors (Lipinski definition) is 7. The number of methoxy groups -OCH3 is 1. The first kappa shape index (κ1) is 20.1. The highest BCUT2D eigenvalue weighted by atomic mass is 32.1. The van der Waals surface area contributed by atoms with E-state index in [4.69, 9.17) is 19.8 Å². The molecule has 0 unspecified atom stereocenters. The summed E-state index contributed by atoms with van der Waals surface area (Å²) in [5, 5.41) is 9.51. The third kappa shape index (κ3) is 3.70. The molecule has 4 aromatic rings. The monoisotopic (exact) mass is 434 g/mol. The van der Waals surface area contributed by atoms with E-state index in [0.717, 1.165) is 47.0 Å². The molecule has 0 radical (unpaired) electrons. The lowest BCUT2D eigenvalue weighted by Crippen LogP contribution is -2.09. The van der Waals surface area contributed by atoms with Crippen LogP contribution in [0.3, 0.4) is 0 Å². The zero-order valence-electron chi connectivity index (χ0n) is 18.1. The number of nitrogens with one attached hydrogen (secondary N) is 1. The molecule has 0 aliphatic heterocycles. The summed E-state index contributed by atoms with van der Waals surface area (Å²) in [6.07, 6.45) is 7.05. The van der Waals surface area contributed by atoms with Gasteiger partial charge in [-0.3, -0.25) is 9.67 Å².